The molecule has 1 heterocycles. The molecule has 0 radical (unpaired) electrons. The number of carboxylic acids is 1. The Morgan fingerprint density at radius 1 is 1.52 bits per heavy atom. The Labute approximate surface area is 122 Å². The molecule has 1 unspecified atom stereocenters. The average Bonchev–Trinajstić information content (AvgIpc) is 2.86. The summed E-state index contributed by atoms with van der Waals surface area (Å²) < 4.78 is 18.5. The fraction of sp³-hybridized carbons (Fsp3) is 0.333. The molecule has 2 rings (SSSR count). The largest absolute Gasteiger partial charge is 0.481 e. The summed E-state index contributed by atoms with van der Waals surface area (Å²) in [6, 6.07) is 6.02. The number of halogens is 1. The highest BCUT2D eigenvalue weighted by molar-refractivity contribution is 5.69. The maximum Gasteiger partial charge on any atom is 0.307 e. The van der Waals surface area contributed by atoms with E-state index >= 15 is 0 Å². The number of hydrogen-bond acceptors (Lipinski definition) is 4. The molecule has 1 atom stereocenters. The smallest absolute Gasteiger partial charge is 0.307 e. The lowest BCUT2D eigenvalue weighted by molar-refractivity contribution is -0.141. The zero-order chi connectivity index (χ0) is 15.4. The number of carboxylic acid groups (broad SMARTS) is 1. The van der Waals surface area contributed by atoms with Gasteiger partial charge in [-0.15, -0.1) is 0 Å². The molecule has 1 aromatic heterocycles. The molecular weight excluding hydrogens is 275 g/mol. The molecule has 112 valence electrons. The second-order valence-corrected chi connectivity index (χ2v) is 5.09. The molecule has 0 amide bonds. The van der Waals surface area contributed by atoms with Gasteiger partial charge in [0.2, 0.25) is 5.89 Å². The summed E-state index contributed by atoms with van der Waals surface area (Å²) in [5, 5.41) is 8.88. The quantitative estimate of drug-likeness (QED) is 0.886. The van der Waals surface area contributed by atoms with Crippen LogP contribution in [0.5, 0.6) is 0 Å². The molecule has 0 bridgehead atoms. The van der Waals surface area contributed by atoms with Crippen LogP contribution in [0.25, 0.3) is 11.5 Å². The Balaban J connectivity index is 2.02. The third-order valence-electron chi connectivity index (χ3n) is 3.06. The SMILES string of the molecule is CC(CN(C)Cc1coc(-c2cccc(F)c2)n1)C(=O)O. The standard InChI is InChI=1S/C15H17FN2O3/c1-10(15(19)20)7-18(2)8-13-9-21-14(17-13)11-4-3-5-12(16)6-11/h3-6,9-10H,7-8H2,1-2H3,(H,19,20). The van der Waals surface area contributed by atoms with Gasteiger partial charge in [-0.25, -0.2) is 9.37 Å². The van der Waals surface area contributed by atoms with Gasteiger partial charge in [-0.05, 0) is 25.2 Å². The maximum absolute atomic E-state index is 13.2. The van der Waals surface area contributed by atoms with Gasteiger partial charge in [-0.3, -0.25) is 9.69 Å². The minimum atomic E-state index is -0.831. The van der Waals surface area contributed by atoms with E-state index in [0.29, 0.717) is 30.2 Å². The molecule has 5 nitrogen and oxygen atoms in total. The molecule has 0 aliphatic heterocycles. The number of aromatic nitrogens is 1. The zero-order valence-corrected chi connectivity index (χ0v) is 11.9. The third-order valence-corrected chi connectivity index (χ3v) is 3.06. The van der Waals surface area contributed by atoms with Crippen LogP contribution in [0.1, 0.15) is 12.6 Å². The van der Waals surface area contributed by atoms with E-state index < -0.39 is 11.9 Å². The van der Waals surface area contributed by atoms with E-state index in [1.165, 1.54) is 18.4 Å². The molecule has 21 heavy (non-hydrogen) atoms. The fourth-order valence-corrected chi connectivity index (χ4v) is 2.02. The first-order chi connectivity index (χ1) is 9.95. The number of nitrogens with zero attached hydrogens (tertiary/aromatic N) is 2. The minimum absolute atomic E-state index is 0.348. The molecule has 0 aliphatic rings. The highest BCUT2D eigenvalue weighted by Crippen LogP contribution is 2.20. The number of carbonyl (C=O) groups is 1. The minimum Gasteiger partial charge on any atom is -0.481 e. The van der Waals surface area contributed by atoms with Crippen LogP contribution in [-0.4, -0.2) is 34.6 Å². The van der Waals surface area contributed by atoms with Crippen LogP contribution < -0.4 is 0 Å². The fourth-order valence-electron chi connectivity index (χ4n) is 2.02. The first-order valence-corrected chi connectivity index (χ1v) is 6.57. The van der Waals surface area contributed by atoms with Gasteiger partial charge in [0.25, 0.3) is 0 Å². The second-order valence-electron chi connectivity index (χ2n) is 5.09. The Morgan fingerprint density at radius 2 is 2.29 bits per heavy atom. The summed E-state index contributed by atoms with van der Waals surface area (Å²) in [4.78, 5) is 17.0. The van der Waals surface area contributed by atoms with E-state index in [1.54, 1.807) is 19.1 Å². The molecule has 0 saturated heterocycles. The van der Waals surface area contributed by atoms with Crippen LogP contribution in [0, 0.1) is 11.7 Å². The molecule has 0 saturated carbocycles. The first-order valence-electron chi connectivity index (χ1n) is 6.57. The van der Waals surface area contributed by atoms with E-state index in [9.17, 15) is 9.18 Å². The summed E-state index contributed by atoms with van der Waals surface area (Å²) >= 11 is 0. The van der Waals surface area contributed by atoms with Gasteiger partial charge in [0.1, 0.15) is 12.1 Å². The monoisotopic (exact) mass is 292 g/mol. The van der Waals surface area contributed by atoms with Gasteiger partial charge in [-0.2, -0.15) is 0 Å². The van der Waals surface area contributed by atoms with Crippen LogP contribution in [0.15, 0.2) is 34.9 Å². The normalized spacial score (nSPS) is 12.6. The molecule has 0 fully saturated rings. The molecule has 6 heteroatoms. The Hall–Kier alpha value is -2.21. The van der Waals surface area contributed by atoms with Crippen LogP contribution in [-0.2, 0) is 11.3 Å². The molecule has 1 N–H and O–H groups in total. The van der Waals surface area contributed by atoms with Crippen LogP contribution in [0.2, 0.25) is 0 Å². The summed E-state index contributed by atoms with van der Waals surface area (Å²) in [5.41, 5.74) is 1.25. The van der Waals surface area contributed by atoms with Crippen molar-refractivity contribution in [2.45, 2.75) is 13.5 Å². The van der Waals surface area contributed by atoms with Crippen molar-refractivity contribution in [2.24, 2.45) is 5.92 Å². The maximum atomic E-state index is 13.2. The van der Waals surface area contributed by atoms with Gasteiger partial charge in [0.15, 0.2) is 0 Å². The summed E-state index contributed by atoms with van der Waals surface area (Å²) in [5.74, 6) is -1.28. The highest BCUT2D eigenvalue weighted by atomic mass is 19.1. The topological polar surface area (TPSA) is 66.6 Å². The highest BCUT2D eigenvalue weighted by Gasteiger charge is 2.15. The Morgan fingerprint density at radius 3 is 2.95 bits per heavy atom. The van der Waals surface area contributed by atoms with E-state index in [1.807, 2.05) is 11.9 Å². The van der Waals surface area contributed by atoms with Gasteiger partial charge < -0.3 is 9.52 Å². The van der Waals surface area contributed by atoms with E-state index in [4.69, 9.17) is 9.52 Å². The van der Waals surface area contributed by atoms with E-state index in [-0.39, 0.29) is 5.82 Å². The van der Waals surface area contributed by atoms with Crippen molar-refractivity contribution in [3.8, 4) is 11.5 Å². The van der Waals surface area contributed by atoms with E-state index in [0.717, 1.165) is 0 Å². The van der Waals surface area contributed by atoms with Crippen molar-refractivity contribution in [3.05, 3.63) is 42.0 Å². The number of rotatable bonds is 6. The molecule has 0 spiro atoms. The van der Waals surface area contributed by atoms with Crippen LogP contribution in [0.3, 0.4) is 0 Å². The van der Waals surface area contributed by atoms with Crippen LogP contribution in [0.4, 0.5) is 4.39 Å². The van der Waals surface area contributed by atoms with Gasteiger partial charge in [0.05, 0.1) is 11.6 Å². The number of hydrogen-bond donors (Lipinski definition) is 1. The summed E-state index contributed by atoms with van der Waals surface area (Å²) in [7, 11) is 1.82. The van der Waals surface area contributed by atoms with Gasteiger partial charge >= 0.3 is 5.97 Å². The summed E-state index contributed by atoms with van der Waals surface area (Å²) in [6.45, 7) is 2.54. The predicted octanol–water partition coefficient (Wildman–Crippen LogP) is 2.63. The molecule has 1 aromatic carbocycles. The van der Waals surface area contributed by atoms with Crippen LogP contribution >= 0.6 is 0 Å². The lowest BCUT2D eigenvalue weighted by Gasteiger charge is -2.17. The van der Waals surface area contributed by atoms with Crippen molar-refractivity contribution in [3.63, 3.8) is 0 Å². The number of aliphatic carboxylic acids is 1. The van der Waals surface area contributed by atoms with Crippen molar-refractivity contribution in [1.82, 2.24) is 9.88 Å². The lowest BCUT2D eigenvalue weighted by Crippen LogP contribution is -2.28. The van der Waals surface area contributed by atoms with Gasteiger partial charge in [-0.1, -0.05) is 13.0 Å². The third kappa shape index (κ3) is 4.13. The molecule has 2 aromatic rings. The second kappa shape index (κ2) is 6.49. The Bertz CT molecular complexity index is 627. The number of benzene rings is 1. The average molecular weight is 292 g/mol. The van der Waals surface area contributed by atoms with Gasteiger partial charge in [0, 0.05) is 18.7 Å². The summed E-state index contributed by atoms with van der Waals surface area (Å²) in [6.07, 6.45) is 1.50. The molecular formula is C15H17FN2O3. The van der Waals surface area contributed by atoms with E-state index in [2.05, 4.69) is 4.98 Å². The Kier molecular flexibility index (Phi) is 4.70. The van der Waals surface area contributed by atoms with Crippen molar-refractivity contribution < 1.29 is 18.7 Å². The lowest BCUT2D eigenvalue weighted by atomic mass is 10.2. The van der Waals surface area contributed by atoms with Crippen molar-refractivity contribution in [1.29, 1.82) is 0 Å². The van der Waals surface area contributed by atoms with Crippen molar-refractivity contribution >= 4 is 5.97 Å². The number of oxazole rings is 1. The predicted molar refractivity (Wildman–Crippen MR) is 75.0 cm³/mol. The molecule has 0 aliphatic carbocycles. The first kappa shape index (κ1) is 15.2. The zero-order valence-electron chi connectivity index (χ0n) is 11.9. The van der Waals surface area contributed by atoms with Crippen molar-refractivity contribution in [2.75, 3.05) is 13.6 Å².